The molecule has 1 aromatic rings. The number of likely N-dealkylation sites (tertiary alicyclic amines) is 1. The van der Waals surface area contributed by atoms with Crippen LogP contribution in [0.3, 0.4) is 0 Å². The predicted molar refractivity (Wildman–Crippen MR) is 88.9 cm³/mol. The first-order valence-electron chi connectivity index (χ1n) is 8.12. The highest BCUT2D eigenvalue weighted by Crippen LogP contribution is 2.15. The molecule has 5 heteroatoms. The number of nitrogens with one attached hydrogen (secondary N) is 1. The molecule has 0 radical (unpaired) electrons. The summed E-state index contributed by atoms with van der Waals surface area (Å²) in [5.74, 6) is 0.00621. The van der Waals surface area contributed by atoms with E-state index in [-0.39, 0.29) is 17.9 Å². The van der Waals surface area contributed by atoms with Crippen molar-refractivity contribution in [3.8, 4) is 0 Å². The molecule has 0 aromatic heterocycles. The van der Waals surface area contributed by atoms with Crippen LogP contribution in [-0.4, -0.2) is 41.0 Å². The van der Waals surface area contributed by atoms with Crippen molar-refractivity contribution in [3.63, 3.8) is 0 Å². The van der Waals surface area contributed by atoms with Gasteiger partial charge in [-0.25, -0.2) is 0 Å². The first-order chi connectivity index (χ1) is 10.8. The van der Waals surface area contributed by atoms with E-state index in [1.54, 1.807) is 17.0 Å². The Bertz CT molecular complexity index is 553. The number of amides is 2. The molecule has 1 aliphatic rings. The number of piperidine rings is 1. The van der Waals surface area contributed by atoms with Crippen molar-refractivity contribution in [3.05, 3.63) is 35.4 Å². The zero-order valence-corrected chi connectivity index (χ0v) is 14.1. The Morgan fingerprint density at radius 3 is 2.26 bits per heavy atom. The number of carbonyl (C=O) groups excluding carboxylic acids is 2. The maximum atomic E-state index is 12.4. The lowest BCUT2D eigenvalue weighted by Crippen LogP contribution is -2.40. The van der Waals surface area contributed by atoms with Gasteiger partial charge < -0.3 is 15.3 Å². The van der Waals surface area contributed by atoms with Crippen molar-refractivity contribution in [2.75, 3.05) is 13.1 Å². The van der Waals surface area contributed by atoms with Crippen LogP contribution < -0.4 is 5.32 Å². The standard InChI is InChI=1S/C18H26N2O3/c1-18(2,3)17(23)19-12-13-4-6-14(7-5-13)16(22)20-10-8-15(21)9-11-20/h4-7,15,21H,8-12H2,1-3H3,(H,19,23). The first-order valence-corrected chi connectivity index (χ1v) is 8.12. The maximum Gasteiger partial charge on any atom is 0.253 e. The fraction of sp³-hybridized carbons (Fsp3) is 0.556. The first kappa shape index (κ1) is 17.5. The monoisotopic (exact) mass is 318 g/mol. The molecule has 23 heavy (non-hydrogen) atoms. The highest BCUT2D eigenvalue weighted by atomic mass is 16.3. The molecule has 1 saturated heterocycles. The Hall–Kier alpha value is -1.88. The molecular weight excluding hydrogens is 292 g/mol. The normalized spacial score (nSPS) is 16.3. The van der Waals surface area contributed by atoms with Gasteiger partial charge in [0.25, 0.3) is 5.91 Å². The average molecular weight is 318 g/mol. The Morgan fingerprint density at radius 2 is 1.74 bits per heavy atom. The molecule has 2 amide bonds. The molecule has 126 valence electrons. The van der Waals surface area contributed by atoms with E-state index in [0.717, 1.165) is 5.56 Å². The van der Waals surface area contributed by atoms with Crippen molar-refractivity contribution < 1.29 is 14.7 Å². The van der Waals surface area contributed by atoms with Crippen molar-refractivity contribution in [2.24, 2.45) is 5.41 Å². The molecule has 0 aliphatic carbocycles. The number of benzene rings is 1. The lowest BCUT2D eigenvalue weighted by molar-refractivity contribution is -0.128. The van der Waals surface area contributed by atoms with Crippen molar-refractivity contribution in [2.45, 2.75) is 46.3 Å². The largest absolute Gasteiger partial charge is 0.393 e. The number of hydrogen-bond donors (Lipinski definition) is 2. The Balaban J connectivity index is 1.91. The van der Waals surface area contributed by atoms with Crippen LogP contribution in [0.25, 0.3) is 0 Å². The van der Waals surface area contributed by atoms with E-state index in [9.17, 15) is 14.7 Å². The summed E-state index contributed by atoms with van der Waals surface area (Å²) in [6.07, 6.45) is 0.999. The molecule has 0 unspecified atom stereocenters. The van der Waals surface area contributed by atoms with Gasteiger partial charge in [-0.15, -0.1) is 0 Å². The smallest absolute Gasteiger partial charge is 0.253 e. The molecule has 1 heterocycles. The number of carbonyl (C=O) groups is 2. The second-order valence-corrected chi connectivity index (χ2v) is 7.15. The van der Waals surface area contributed by atoms with Crippen molar-refractivity contribution in [1.29, 1.82) is 0 Å². The van der Waals surface area contributed by atoms with Crippen molar-refractivity contribution in [1.82, 2.24) is 10.2 Å². The quantitative estimate of drug-likeness (QED) is 0.895. The van der Waals surface area contributed by atoms with Gasteiger partial charge >= 0.3 is 0 Å². The minimum atomic E-state index is -0.408. The molecule has 0 saturated carbocycles. The third-order valence-corrected chi connectivity index (χ3v) is 4.09. The van der Waals surface area contributed by atoms with Crippen LogP contribution in [0.15, 0.2) is 24.3 Å². The molecule has 1 aliphatic heterocycles. The summed E-state index contributed by atoms with van der Waals surface area (Å²) < 4.78 is 0. The zero-order valence-electron chi connectivity index (χ0n) is 14.1. The van der Waals surface area contributed by atoms with Crippen LogP contribution in [0, 0.1) is 5.41 Å². The molecule has 2 rings (SSSR count). The van der Waals surface area contributed by atoms with Gasteiger partial charge in [-0.1, -0.05) is 32.9 Å². The van der Waals surface area contributed by atoms with Gasteiger partial charge in [0.05, 0.1) is 6.10 Å². The molecule has 1 aromatic carbocycles. The van der Waals surface area contributed by atoms with Crippen LogP contribution in [-0.2, 0) is 11.3 Å². The van der Waals surface area contributed by atoms with Gasteiger partial charge in [0.1, 0.15) is 0 Å². The van der Waals surface area contributed by atoms with Crippen LogP contribution in [0.2, 0.25) is 0 Å². The van der Waals surface area contributed by atoms with Gasteiger partial charge in [-0.3, -0.25) is 9.59 Å². The van der Waals surface area contributed by atoms with E-state index >= 15 is 0 Å². The number of hydrogen-bond acceptors (Lipinski definition) is 3. The molecule has 0 bridgehead atoms. The van der Waals surface area contributed by atoms with Gasteiger partial charge in [-0.05, 0) is 30.5 Å². The van der Waals surface area contributed by atoms with E-state index < -0.39 is 5.41 Å². The fourth-order valence-electron chi connectivity index (χ4n) is 2.46. The fourth-order valence-corrected chi connectivity index (χ4v) is 2.46. The van der Waals surface area contributed by atoms with Crippen LogP contribution >= 0.6 is 0 Å². The topological polar surface area (TPSA) is 69.6 Å². The van der Waals surface area contributed by atoms with E-state index in [0.29, 0.717) is 38.0 Å². The summed E-state index contributed by atoms with van der Waals surface area (Å²) in [5.41, 5.74) is 1.20. The number of nitrogens with zero attached hydrogens (tertiary/aromatic N) is 1. The molecule has 2 N–H and O–H groups in total. The average Bonchev–Trinajstić information content (AvgIpc) is 2.52. The Morgan fingerprint density at radius 1 is 1.17 bits per heavy atom. The van der Waals surface area contributed by atoms with Gasteiger partial charge in [0, 0.05) is 30.6 Å². The minimum Gasteiger partial charge on any atom is -0.393 e. The van der Waals surface area contributed by atoms with Crippen LogP contribution in [0.5, 0.6) is 0 Å². The summed E-state index contributed by atoms with van der Waals surface area (Å²) >= 11 is 0. The number of rotatable bonds is 3. The second-order valence-electron chi connectivity index (χ2n) is 7.15. The summed E-state index contributed by atoms with van der Waals surface area (Å²) in [5, 5.41) is 12.4. The Kier molecular flexibility index (Phi) is 5.42. The summed E-state index contributed by atoms with van der Waals surface area (Å²) in [6.45, 7) is 7.28. The van der Waals surface area contributed by atoms with Gasteiger partial charge in [0.2, 0.25) is 5.91 Å². The summed E-state index contributed by atoms with van der Waals surface area (Å²) in [7, 11) is 0. The van der Waals surface area contributed by atoms with Gasteiger partial charge in [-0.2, -0.15) is 0 Å². The highest BCUT2D eigenvalue weighted by molar-refractivity contribution is 5.94. The summed E-state index contributed by atoms with van der Waals surface area (Å²) in [6, 6.07) is 7.34. The molecule has 0 spiro atoms. The Labute approximate surface area is 137 Å². The molecule has 5 nitrogen and oxygen atoms in total. The summed E-state index contributed by atoms with van der Waals surface area (Å²) in [4.78, 5) is 26.0. The maximum absolute atomic E-state index is 12.4. The van der Waals surface area contributed by atoms with Crippen LogP contribution in [0.1, 0.15) is 49.5 Å². The van der Waals surface area contributed by atoms with Gasteiger partial charge in [0.15, 0.2) is 0 Å². The third kappa shape index (κ3) is 4.79. The third-order valence-electron chi connectivity index (χ3n) is 4.09. The lowest BCUT2D eigenvalue weighted by atomic mass is 9.95. The number of aliphatic hydroxyl groups is 1. The van der Waals surface area contributed by atoms with E-state index in [1.165, 1.54) is 0 Å². The SMILES string of the molecule is CC(C)(C)C(=O)NCc1ccc(C(=O)N2CCC(O)CC2)cc1. The van der Waals surface area contributed by atoms with E-state index in [2.05, 4.69) is 5.32 Å². The van der Waals surface area contributed by atoms with Crippen LogP contribution in [0.4, 0.5) is 0 Å². The van der Waals surface area contributed by atoms with Crippen molar-refractivity contribution >= 4 is 11.8 Å². The van der Waals surface area contributed by atoms with E-state index in [1.807, 2.05) is 32.9 Å². The second kappa shape index (κ2) is 7.13. The zero-order chi connectivity index (χ0) is 17.0. The minimum absolute atomic E-state index is 0.00202. The number of aliphatic hydroxyl groups excluding tert-OH is 1. The van der Waals surface area contributed by atoms with E-state index in [4.69, 9.17) is 0 Å². The molecule has 1 fully saturated rings. The predicted octanol–water partition coefficient (Wildman–Crippen LogP) is 1.95. The molecular formula is C18H26N2O3. The highest BCUT2D eigenvalue weighted by Gasteiger charge is 2.22. The lowest BCUT2D eigenvalue weighted by Gasteiger charge is -2.29. The molecule has 0 atom stereocenters.